The Morgan fingerprint density at radius 3 is 2.42 bits per heavy atom. The number of allylic oxidation sites excluding steroid dienone is 2. The molecule has 0 spiro atoms. The predicted molar refractivity (Wildman–Crippen MR) is 164 cm³/mol. The van der Waals surface area contributed by atoms with Gasteiger partial charge in [0.2, 0.25) is 0 Å². The molecule has 40 heavy (non-hydrogen) atoms. The van der Waals surface area contributed by atoms with Gasteiger partial charge in [-0.2, -0.15) is 9.78 Å². The molecule has 0 amide bonds. The van der Waals surface area contributed by atoms with Crippen molar-refractivity contribution < 1.29 is 19.0 Å². The maximum absolute atomic E-state index is 14.2. The number of hydrogen-bond donors (Lipinski definition) is 0. The summed E-state index contributed by atoms with van der Waals surface area (Å²) in [5.74, 6) is 0.660. The van der Waals surface area contributed by atoms with Gasteiger partial charge in [0.05, 0.1) is 26.0 Å². The summed E-state index contributed by atoms with van der Waals surface area (Å²) in [6.45, 7) is 11.8. The Morgan fingerprint density at radius 2 is 1.77 bits per heavy atom. The highest BCUT2D eigenvalue weighted by Crippen LogP contribution is 2.45. The molecule has 3 heterocycles. The first kappa shape index (κ1) is 28.3. The first-order valence-corrected chi connectivity index (χ1v) is 17.9. The van der Waals surface area contributed by atoms with E-state index in [1.165, 1.54) is 5.57 Å². The van der Waals surface area contributed by atoms with Crippen LogP contribution in [0.4, 0.5) is 0 Å². The van der Waals surface area contributed by atoms with E-state index in [0.29, 0.717) is 25.4 Å². The Labute approximate surface area is 238 Å². The van der Waals surface area contributed by atoms with Crippen molar-refractivity contribution in [2.75, 3.05) is 33.5 Å². The quantitative estimate of drug-likeness (QED) is 0.193. The highest BCUT2D eigenvalue weighted by Gasteiger charge is 2.38. The summed E-state index contributed by atoms with van der Waals surface area (Å²) < 4.78 is 18.9. The molecule has 1 atom stereocenters. The van der Waals surface area contributed by atoms with E-state index < -0.39 is 8.07 Å². The van der Waals surface area contributed by atoms with Gasteiger partial charge in [0.25, 0.3) is 5.91 Å². The molecule has 2 aromatic carbocycles. The molecule has 0 bridgehead atoms. The lowest BCUT2D eigenvalue weighted by molar-refractivity contribution is 0.0950. The average Bonchev–Trinajstić information content (AvgIpc) is 3.36. The SMILES string of the molecule is COc1ccc(C2=C(C)C(CCOCC[Si](C)(C)C)c3c(C4=CCOCC4)c(-c4ccccc4)nn3C2=O)cc1. The number of nitrogens with zero attached hydrogens (tertiary/aromatic N) is 2. The predicted octanol–water partition coefficient (Wildman–Crippen LogP) is 7.32. The van der Waals surface area contributed by atoms with Gasteiger partial charge in [0, 0.05) is 43.9 Å². The maximum Gasteiger partial charge on any atom is 0.279 e. The van der Waals surface area contributed by atoms with E-state index in [2.05, 4.69) is 44.8 Å². The van der Waals surface area contributed by atoms with Gasteiger partial charge in [-0.3, -0.25) is 4.79 Å². The van der Waals surface area contributed by atoms with Crippen molar-refractivity contribution in [2.24, 2.45) is 0 Å². The topological polar surface area (TPSA) is 62.6 Å². The van der Waals surface area contributed by atoms with Crippen molar-refractivity contribution >= 4 is 25.1 Å². The summed E-state index contributed by atoms with van der Waals surface area (Å²) in [5.41, 5.74) is 7.75. The van der Waals surface area contributed by atoms with Gasteiger partial charge in [-0.05, 0) is 49.1 Å². The van der Waals surface area contributed by atoms with E-state index in [-0.39, 0.29) is 11.8 Å². The highest BCUT2D eigenvalue weighted by molar-refractivity contribution is 6.76. The van der Waals surface area contributed by atoms with Crippen molar-refractivity contribution in [1.82, 2.24) is 9.78 Å². The molecule has 3 aromatic rings. The minimum absolute atomic E-state index is 0.00890. The van der Waals surface area contributed by atoms with Crippen molar-refractivity contribution in [1.29, 1.82) is 0 Å². The minimum atomic E-state index is -1.18. The van der Waals surface area contributed by atoms with Crippen molar-refractivity contribution in [3.63, 3.8) is 0 Å². The third kappa shape index (κ3) is 5.92. The fourth-order valence-corrected chi connectivity index (χ4v) is 6.33. The number of ether oxygens (including phenoxy) is 3. The highest BCUT2D eigenvalue weighted by atomic mass is 28.3. The molecule has 2 aliphatic rings. The first-order chi connectivity index (χ1) is 19.3. The Hall–Kier alpha value is -3.26. The molecule has 0 radical (unpaired) electrons. The molecule has 6 nitrogen and oxygen atoms in total. The van der Waals surface area contributed by atoms with Crippen LogP contribution in [0.2, 0.25) is 25.7 Å². The number of carbonyl (C=O) groups excluding carboxylic acids is 1. The molecule has 7 heteroatoms. The summed E-state index contributed by atoms with van der Waals surface area (Å²) in [7, 11) is 0.472. The number of benzene rings is 2. The molecule has 1 aromatic heterocycles. The van der Waals surface area contributed by atoms with Gasteiger partial charge in [0.1, 0.15) is 11.4 Å². The minimum Gasteiger partial charge on any atom is -0.497 e. The lowest BCUT2D eigenvalue weighted by atomic mass is 9.80. The maximum atomic E-state index is 14.2. The summed E-state index contributed by atoms with van der Waals surface area (Å²) in [6, 6.07) is 19.1. The molecular formula is C33H40N2O4Si. The van der Waals surface area contributed by atoms with Crippen LogP contribution in [0.15, 0.2) is 66.2 Å². The van der Waals surface area contributed by atoms with Crippen LogP contribution in [0.5, 0.6) is 5.75 Å². The van der Waals surface area contributed by atoms with Crippen LogP contribution < -0.4 is 4.74 Å². The van der Waals surface area contributed by atoms with E-state index in [1.807, 2.05) is 42.5 Å². The van der Waals surface area contributed by atoms with Crippen LogP contribution in [-0.2, 0) is 9.47 Å². The van der Waals surface area contributed by atoms with E-state index >= 15 is 0 Å². The zero-order chi connectivity index (χ0) is 28.3. The second-order valence-corrected chi connectivity index (χ2v) is 17.4. The molecular weight excluding hydrogens is 516 g/mol. The molecule has 5 rings (SSSR count). The molecule has 0 aliphatic carbocycles. The van der Waals surface area contributed by atoms with E-state index in [0.717, 1.165) is 64.9 Å². The van der Waals surface area contributed by atoms with Gasteiger partial charge in [0.15, 0.2) is 0 Å². The first-order valence-electron chi connectivity index (χ1n) is 14.2. The lowest BCUT2D eigenvalue weighted by Gasteiger charge is -2.29. The molecule has 0 saturated heterocycles. The molecule has 1 unspecified atom stereocenters. The number of carbonyl (C=O) groups is 1. The Morgan fingerprint density at radius 1 is 1.02 bits per heavy atom. The number of fused-ring (bicyclic) bond motifs is 1. The zero-order valence-electron chi connectivity index (χ0n) is 24.3. The van der Waals surface area contributed by atoms with E-state index in [4.69, 9.17) is 19.3 Å². The van der Waals surface area contributed by atoms with E-state index in [9.17, 15) is 4.79 Å². The molecule has 0 fully saturated rings. The average molecular weight is 557 g/mol. The van der Waals surface area contributed by atoms with Crippen LogP contribution in [0.3, 0.4) is 0 Å². The normalized spacial score (nSPS) is 17.6. The summed E-state index contributed by atoms with van der Waals surface area (Å²) >= 11 is 0. The van der Waals surface area contributed by atoms with Gasteiger partial charge >= 0.3 is 0 Å². The number of aromatic nitrogens is 2. The van der Waals surface area contributed by atoms with Crippen molar-refractivity contribution in [3.05, 3.63) is 83.1 Å². The third-order valence-corrected chi connectivity index (χ3v) is 9.54. The second-order valence-electron chi connectivity index (χ2n) is 11.8. The molecule has 2 aliphatic heterocycles. The lowest BCUT2D eigenvalue weighted by Crippen LogP contribution is -2.28. The van der Waals surface area contributed by atoms with Gasteiger partial charge in [-0.15, -0.1) is 0 Å². The fraction of sp³-hybridized carbons (Fsp3) is 0.394. The van der Waals surface area contributed by atoms with Crippen molar-refractivity contribution in [2.45, 2.75) is 51.4 Å². The van der Waals surface area contributed by atoms with E-state index in [1.54, 1.807) is 11.8 Å². The monoisotopic (exact) mass is 556 g/mol. The summed E-state index contributed by atoms with van der Waals surface area (Å²) in [4.78, 5) is 14.2. The zero-order valence-corrected chi connectivity index (χ0v) is 25.3. The Bertz CT molecular complexity index is 1420. The van der Waals surface area contributed by atoms with Crippen LogP contribution in [0, 0.1) is 0 Å². The van der Waals surface area contributed by atoms with Crippen LogP contribution in [-0.4, -0.2) is 57.3 Å². The van der Waals surface area contributed by atoms with Gasteiger partial charge < -0.3 is 14.2 Å². The third-order valence-electron chi connectivity index (χ3n) is 7.83. The van der Waals surface area contributed by atoms with Crippen LogP contribution in [0.25, 0.3) is 22.4 Å². The van der Waals surface area contributed by atoms with Crippen LogP contribution in [0.1, 0.15) is 47.3 Å². The van der Waals surface area contributed by atoms with Gasteiger partial charge in [-0.1, -0.05) is 73.8 Å². The largest absolute Gasteiger partial charge is 0.497 e. The summed E-state index contributed by atoms with van der Waals surface area (Å²) in [6.07, 6.45) is 3.72. The molecule has 0 N–H and O–H groups in total. The fourth-order valence-electron chi connectivity index (χ4n) is 5.57. The smallest absolute Gasteiger partial charge is 0.279 e. The van der Waals surface area contributed by atoms with Crippen molar-refractivity contribution in [3.8, 4) is 17.0 Å². The number of rotatable bonds is 10. The Balaban J connectivity index is 1.62. The summed E-state index contributed by atoms with van der Waals surface area (Å²) in [5, 5.41) is 5.04. The number of methoxy groups -OCH3 is 1. The second kappa shape index (κ2) is 12.1. The molecule has 210 valence electrons. The molecule has 0 saturated carbocycles. The van der Waals surface area contributed by atoms with Gasteiger partial charge in [-0.25, -0.2) is 0 Å². The Kier molecular flexibility index (Phi) is 8.54. The number of hydrogen-bond acceptors (Lipinski definition) is 5. The standard InChI is InChI=1S/C33H40N2O4Si/c1-23-28(17-20-39-21-22-40(3,4)5)32-30(25-15-18-38-19-16-25)31(26-9-7-6-8-10-26)34-35(32)33(36)29(23)24-11-13-27(37-2)14-12-24/h6-15,28H,16-22H2,1-5H3. The van der Waals surface area contributed by atoms with Crippen LogP contribution >= 0.6 is 0 Å².